The average molecular weight is 261 g/mol. The lowest BCUT2D eigenvalue weighted by Gasteiger charge is -2.25. The average Bonchev–Trinajstić information content (AvgIpc) is 2.83. The van der Waals surface area contributed by atoms with Gasteiger partial charge < -0.3 is 5.32 Å². The third-order valence-electron chi connectivity index (χ3n) is 4.83. The Labute approximate surface area is 116 Å². The van der Waals surface area contributed by atoms with Crippen LogP contribution in [0.5, 0.6) is 0 Å². The minimum atomic E-state index is 0.540. The van der Waals surface area contributed by atoms with Gasteiger partial charge in [-0.15, -0.1) is 0 Å². The van der Waals surface area contributed by atoms with Crippen LogP contribution >= 0.6 is 0 Å². The molecule has 0 radical (unpaired) electrons. The summed E-state index contributed by atoms with van der Waals surface area (Å²) in [7, 11) is 0. The second-order valence-electron chi connectivity index (χ2n) is 6.46. The number of fused-ring (bicyclic) bond motifs is 1. The highest BCUT2D eigenvalue weighted by molar-refractivity contribution is 5.14. The van der Waals surface area contributed by atoms with Crippen molar-refractivity contribution in [1.29, 1.82) is 0 Å². The lowest BCUT2D eigenvalue weighted by molar-refractivity contribution is 0.341. The predicted octanol–water partition coefficient (Wildman–Crippen LogP) is 3.38. The molecule has 2 saturated carbocycles. The molecule has 1 aromatic rings. The third kappa shape index (κ3) is 2.86. The van der Waals surface area contributed by atoms with E-state index in [4.69, 9.17) is 0 Å². The fourth-order valence-electron chi connectivity index (χ4n) is 3.78. The molecule has 106 valence electrons. The summed E-state index contributed by atoms with van der Waals surface area (Å²) < 4.78 is 2.10. The van der Waals surface area contributed by atoms with Crippen molar-refractivity contribution in [3.63, 3.8) is 0 Å². The smallest absolute Gasteiger partial charge is 0.0537 e. The van der Waals surface area contributed by atoms with E-state index in [1.165, 1.54) is 31.2 Å². The van der Waals surface area contributed by atoms with E-state index in [0.717, 1.165) is 37.3 Å². The maximum atomic E-state index is 4.51. The van der Waals surface area contributed by atoms with Crippen molar-refractivity contribution >= 4 is 0 Å². The van der Waals surface area contributed by atoms with Crippen molar-refractivity contribution in [2.24, 2.45) is 17.8 Å². The van der Waals surface area contributed by atoms with E-state index in [9.17, 15) is 0 Å². The Balaban J connectivity index is 1.69. The van der Waals surface area contributed by atoms with Crippen molar-refractivity contribution < 1.29 is 0 Å². The first-order valence-electron chi connectivity index (χ1n) is 8.07. The summed E-state index contributed by atoms with van der Waals surface area (Å²) in [5.41, 5.74) is 1.41. The molecule has 19 heavy (non-hydrogen) atoms. The molecule has 2 aliphatic carbocycles. The Morgan fingerprint density at radius 2 is 2.05 bits per heavy atom. The monoisotopic (exact) mass is 261 g/mol. The maximum absolute atomic E-state index is 4.51. The second kappa shape index (κ2) is 5.66. The van der Waals surface area contributed by atoms with Crippen LogP contribution in [0.25, 0.3) is 0 Å². The first-order chi connectivity index (χ1) is 9.31. The lowest BCUT2D eigenvalue weighted by Crippen LogP contribution is -2.28. The van der Waals surface area contributed by atoms with Crippen LogP contribution in [0.4, 0.5) is 0 Å². The number of nitrogens with zero attached hydrogens (tertiary/aromatic N) is 2. The fourth-order valence-corrected chi connectivity index (χ4v) is 3.78. The van der Waals surface area contributed by atoms with Gasteiger partial charge in [0.25, 0.3) is 0 Å². The quantitative estimate of drug-likeness (QED) is 0.815. The molecule has 0 aliphatic heterocycles. The molecular formula is C16H27N3. The number of hydrogen-bond donors (Lipinski definition) is 1. The van der Waals surface area contributed by atoms with Crippen molar-refractivity contribution in [3.05, 3.63) is 18.0 Å². The van der Waals surface area contributed by atoms with Crippen LogP contribution in [0.2, 0.25) is 0 Å². The third-order valence-corrected chi connectivity index (χ3v) is 4.83. The Hall–Kier alpha value is -0.830. The van der Waals surface area contributed by atoms with Crippen LogP contribution in [-0.2, 0) is 6.54 Å². The van der Waals surface area contributed by atoms with Gasteiger partial charge in [0.15, 0.2) is 0 Å². The molecule has 0 aromatic carbocycles. The van der Waals surface area contributed by atoms with E-state index in [1.54, 1.807) is 0 Å². The highest BCUT2D eigenvalue weighted by Gasteiger charge is 2.48. The molecule has 0 bridgehead atoms. The second-order valence-corrected chi connectivity index (χ2v) is 6.46. The fraction of sp³-hybridized carbons (Fsp3) is 0.812. The molecule has 2 fully saturated rings. The standard InChI is InChI=1S/C16H27N3/c1-3-5-17-16(14-8-12-7-13(12)9-14)15-10-18-19(11-15)6-4-2/h10-14,16-17H,3-9H2,1-2H3. The Kier molecular flexibility index (Phi) is 3.92. The maximum Gasteiger partial charge on any atom is 0.0537 e. The van der Waals surface area contributed by atoms with E-state index in [0.29, 0.717) is 6.04 Å². The van der Waals surface area contributed by atoms with Crippen LogP contribution in [0, 0.1) is 17.8 Å². The molecule has 0 amide bonds. The van der Waals surface area contributed by atoms with Gasteiger partial charge in [0.2, 0.25) is 0 Å². The van der Waals surface area contributed by atoms with Crippen LogP contribution in [-0.4, -0.2) is 16.3 Å². The number of rotatable bonds is 7. The SMILES string of the molecule is CCCNC(c1cnn(CCC)c1)C1CC2CC2C1. The molecular weight excluding hydrogens is 234 g/mol. The zero-order valence-electron chi connectivity index (χ0n) is 12.3. The van der Waals surface area contributed by atoms with Gasteiger partial charge in [-0.2, -0.15) is 5.10 Å². The first kappa shape index (κ1) is 13.2. The highest BCUT2D eigenvalue weighted by Crippen LogP contribution is 2.57. The summed E-state index contributed by atoms with van der Waals surface area (Å²) in [4.78, 5) is 0. The van der Waals surface area contributed by atoms with Gasteiger partial charge in [0, 0.05) is 24.3 Å². The van der Waals surface area contributed by atoms with Gasteiger partial charge in [0.05, 0.1) is 6.20 Å². The summed E-state index contributed by atoms with van der Waals surface area (Å²) in [5.74, 6) is 2.96. The van der Waals surface area contributed by atoms with Gasteiger partial charge >= 0.3 is 0 Å². The molecule has 3 rings (SSSR count). The van der Waals surface area contributed by atoms with Gasteiger partial charge in [-0.05, 0) is 56.4 Å². The Bertz CT molecular complexity index is 402. The number of nitrogens with one attached hydrogen (secondary N) is 1. The molecule has 2 aliphatic rings. The van der Waals surface area contributed by atoms with Crippen molar-refractivity contribution in [3.8, 4) is 0 Å². The molecule has 3 unspecified atom stereocenters. The van der Waals surface area contributed by atoms with E-state index >= 15 is 0 Å². The van der Waals surface area contributed by atoms with Gasteiger partial charge in [-0.25, -0.2) is 0 Å². The zero-order chi connectivity index (χ0) is 13.2. The predicted molar refractivity (Wildman–Crippen MR) is 77.9 cm³/mol. The van der Waals surface area contributed by atoms with E-state index in [2.05, 4.69) is 41.3 Å². The highest BCUT2D eigenvalue weighted by atomic mass is 15.3. The summed E-state index contributed by atoms with van der Waals surface area (Å²) in [6, 6.07) is 0.540. The van der Waals surface area contributed by atoms with Gasteiger partial charge in [0.1, 0.15) is 0 Å². The molecule has 3 heteroatoms. The first-order valence-corrected chi connectivity index (χ1v) is 8.07. The van der Waals surface area contributed by atoms with E-state index in [-0.39, 0.29) is 0 Å². The molecule has 1 heterocycles. The lowest BCUT2D eigenvalue weighted by atomic mass is 9.90. The van der Waals surface area contributed by atoms with Gasteiger partial charge in [-0.1, -0.05) is 13.8 Å². The number of aryl methyl sites for hydroxylation is 1. The molecule has 1 N–H and O–H groups in total. The Morgan fingerprint density at radius 1 is 1.26 bits per heavy atom. The summed E-state index contributed by atoms with van der Waals surface area (Å²) in [6.07, 6.45) is 11.1. The summed E-state index contributed by atoms with van der Waals surface area (Å²) >= 11 is 0. The van der Waals surface area contributed by atoms with E-state index in [1.807, 2.05) is 0 Å². The molecule has 0 spiro atoms. The molecule has 3 nitrogen and oxygen atoms in total. The number of aromatic nitrogens is 2. The summed E-state index contributed by atoms with van der Waals surface area (Å²) in [6.45, 7) is 6.61. The minimum Gasteiger partial charge on any atom is -0.310 e. The Morgan fingerprint density at radius 3 is 2.74 bits per heavy atom. The molecule has 1 aromatic heterocycles. The van der Waals surface area contributed by atoms with Crippen LogP contribution in [0.15, 0.2) is 12.4 Å². The van der Waals surface area contributed by atoms with Crippen molar-refractivity contribution in [1.82, 2.24) is 15.1 Å². The van der Waals surface area contributed by atoms with Crippen LogP contribution in [0.1, 0.15) is 57.6 Å². The molecule has 0 saturated heterocycles. The summed E-state index contributed by atoms with van der Waals surface area (Å²) in [5, 5.41) is 8.28. The van der Waals surface area contributed by atoms with Crippen LogP contribution in [0.3, 0.4) is 0 Å². The van der Waals surface area contributed by atoms with E-state index < -0.39 is 0 Å². The molecule has 3 atom stereocenters. The topological polar surface area (TPSA) is 29.9 Å². The normalized spacial score (nSPS) is 30.3. The van der Waals surface area contributed by atoms with Gasteiger partial charge in [-0.3, -0.25) is 4.68 Å². The zero-order valence-corrected chi connectivity index (χ0v) is 12.3. The van der Waals surface area contributed by atoms with Crippen LogP contribution < -0.4 is 5.32 Å². The minimum absolute atomic E-state index is 0.540. The number of hydrogen-bond acceptors (Lipinski definition) is 2. The van der Waals surface area contributed by atoms with Crippen molar-refractivity contribution in [2.45, 2.75) is 58.5 Å². The van der Waals surface area contributed by atoms with Crippen molar-refractivity contribution in [2.75, 3.05) is 6.54 Å². The largest absolute Gasteiger partial charge is 0.310 e.